The Kier molecular flexibility index (Phi) is 4.67. The van der Waals surface area contributed by atoms with Crippen molar-refractivity contribution >= 4 is 23.0 Å². The monoisotopic (exact) mass is 321 g/mol. The number of pyridine rings is 1. The lowest BCUT2D eigenvalue weighted by Crippen LogP contribution is -2.24. The Hall–Kier alpha value is -3.41. The summed E-state index contributed by atoms with van der Waals surface area (Å²) in [4.78, 5) is 16.0. The molecule has 0 saturated heterocycles. The fourth-order valence-electron chi connectivity index (χ4n) is 2.11. The number of hydrazone groups is 1. The summed E-state index contributed by atoms with van der Waals surface area (Å²) in [5.41, 5.74) is 3.85. The Labute approximate surface area is 138 Å². The normalized spacial score (nSPS) is 10.8. The molecule has 120 valence electrons. The van der Waals surface area contributed by atoms with Gasteiger partial charge in [-0.2, -0.15) is 5.10 Å². The lowest BCUT2D eigenvalue weighted by Gasteiger charge is -2.07. The summed E-state index contributed by atoms with van der Waals surface area (Å²) >= 11 is 0. The first kappa shape index (κ1) is 15.5. The third kappa shape index (κ3) is 3.86. The van der Waals surface area contributed by atoms with Crippen molar-refractivity contribution in [2.24, 2.45) is 5.10 Å². The number of fused-ring (bicyclic) bond motifs is 1. The molecule has 0 atom stereocenters. The number of nitrogens with zero attached hydrogens (tertiary/aromatic N) is 2. The van der Waals surface area contributed by atoms with Gasteiger partial charge in [-0.05, 0) is 42.0 Å². The molecule has 1 amide bonds. The van der Waals surface area contributed by atoms with Crippen LogP contribution in [0.1, 0.15) is 5.56 Å². The quantitative estimate of drug-likeness (QED) is 0.558. The molecule has 0 unspecified atom stereocenters. The molecule has 3 rings (SSSR count). The smallest absolute Gasteiger partial charge is 0.277 e. The van der Waals surface area contributed by atoms with Gasteiger partial charge in [0.05, 0.1) is 6.21 Å². The molecule has 0 aliphatic carbocycles. The fraction of sp³-hybridized carbons (Fsp3) is 0.0556. The molecule has 24 heavy (non-hydrogen) atoms. The number of hydrogen-bond donors (Lipinski definition) is 2. The predicted molar refractivity (Wildman–Crippen MR) is 91.1 cm³/mol. The van der Waals surface area contributed by atoms with Crippen LogP contribution in [0.15, 0.2) is 65.9 Å². The van der Waals surface area contributed by atoms with Gasteiger partial charge in [-0.15, -0.1) is 0 Å². The van der Waals surface area contributed by atoms with Crippen molar-refractivity contribution in [1.82, 2.24) is 10.4 Å². The molecule has 2 aromatic carbocycles. The topological polar surface area (TPSA) is 83.8 Å². The maximum Gasteiger partial charge on any atom is 0.277 e. The van der Waals surface area contributed by atoms with Gasteiger partial charge in [-0.25, -0.2) is 5.43 Å². The highest BCUT2D eigenvalue weighted by Crippen LogP contribution is 2.22. The lowest BCUT2D eigenvalue weighted by atomic mass is 10.2. The third-order valence-electron chi connectivity index (χ3n) is 3.25. The molecule has 0 spiro atoms. The first-order valence-corrected chi connectivity index (χ1v) is 7.30. The van der Waals surface area contributed by atoms with Crippen LogP contribution >= 0.6 is 0 Å². The number of benzene rings is 2. The molecule has 3 aromatic rings. The van der Waals surface area contributed by atoms with Gasteiger partial charge in [0, 0.05) is 11.6 Å². The van der Waals surface area contributed by atoms with E-state index < -0.39 is 0 Å². The van der Waals surface area contributed by atoms with E-state index in [2.05, 4.69) is 15.5 Å². The molecular weight excluding hydrogens is 306 g/mol. The standard InChI is InChI=1S/C18H15N3O3/c22-15-8-6-13(7-9-15)11-20-21-17(23)12-24-16-5-1-3-14-4-2-10-19-18(14)16/h1-11,22H,12H2,(H,21,23). The number of phenolic OH excluding ortho intramolecular Hbond substituents is 1. The van der Waals surface area contributed by atoms with E-state index >= 15 is 0 Å². The molecule has 2 N–H and O–H groups in total. The fourth-order valence-corrected chi connectivity index (χ4v) is 2.11. The van der Waals surface area contributed by atoms with Gasteiger partial charge in [-0.1, -0.05) is 18.2 Å². The molecule has 0 aliphatic rings. The number of aromatic hydroxyl groups is 1. The van der Waals surface area contributed by atoms with E-state index in [1.807, 2.05) is 24.3 Å². The molecule has 0 bridgehead atoms. The Morgan fingerprint density at radius 2 is 1.96 bits per heavy atom. The Morgan fingerprint density at radius 1 is 1.17 bits per heavy atom. The number of nitrogens with one attached hydrogen (secondary N) is 1. The van der Waals surface area contributed by atoms with E-state index in [-0.39, 0.29) is 18.3 Å². The van der Waals surface area contributed by atoms with Crippen molar-refractivity contribution in [3.63, 3.8) is 0 Å². The summed E-state index contributed by atoms with van der Waals surface area (Å²) in [5.74, 6) is 0.344. The summed E-state index contributed by atoms with van der Waals surface area (Å²) in [6.45, 7) is -0.164. The zero-order valence-corrected chi connectivity index (χ0v) is 12.7. The van der Waals surface area contributed by atoms with Crippen molar-refractivity contribution in [3.05, 3.63) is 66.4 Å². The van der Waals surface area contributed by atoms with Crippen LogP contribution in [0.25, 0.3) is 10.9 Å². The number of phenols is 1. The second kappa shape index (κ2) is 7.23. The van der Waals surface area contributed by atoms with Crippen LogP contribution < -0.4 is 10.2 Å². The summed E-state index contributed by atoms with van der Waals surface area (Å²) in [7, 11) is 0. The van der Waals surface area contributed by atoms with Crippen LogP contribution in [0.3, 0.4) is 0 Å². The summed E-state index contributed by atoms with van der Waals surface area (Å²) in [5, 5.41) is 14.0. The number of para-hydroxylation sites is 1. The molecule has 1 heterocycles. The number of aromatic nitrogens is 1. The molecule has 0 aliphatic heterocycles. The van der Waals surface area contributed by atoms with Crippen molar-refractivity contribution in [3.8, 4) is 11.5 Å². The van der Waals surface area contributed by atoms with Crippen molar-refractivity contribution in [2.45, 2.75) is 0 Å². The highest BCUT2D eigenvalue weighted by Gasteiger charge is 2.05. The van der Waals surface area contributed by atoms with Crippen LogP contribution in [0.4, 0.5) is 0 Å². The molecule has 6 nitrogen and oxygen atoms in total. The number of carbonyl (C=O) groups excluding carboxylic acids is 1. The van der Waals surface area contributed by atoms with Crippen molar-refractivity contribution in [2.75, 3.05) is 6.61 Å². The summed E-state index contributed by atoms with van der Waals surface area (Å²) < 4.78 is 5.52. The van der Waals surface area contributed by atoms with E-state index in [0.29, 0.717) is 11.3 Å². The van der Waals surface area contributed by atoms with E-state index in [4.69, 9.17) is 4.74 Å². The maximum atomic E-state index is 11.8. The second-order valence-corrected chi connectivity index (χ2v) is 5.00. The van der Waals surface area contributed by atoms with Gasteiger partial charge in [0.2, 0.25) is 0 Å². The third-order valence-corrected chi connectivity index (χ3v) is 3.25. The highest BCUT2D eigenvalue weighted by atomic mass is 16.5. The predicted octanol–water partition coefficient (Wildman–Crippen LogP) is 2.47. The molecule has 0 radical (unpaired) electrons. The first-order valence-electron chi connectivity index (χ1n) is 7.30. The minimum atomic E-state index is -0.377. The van der Waals surface area contributed by atoms with Crippen LogP contribution in [-0.2, 0) is 4.79 Å². The van der Waals surface area contributed by atoms with Crippen LogP contribution in [0, 0.1) is 0 Å². The molecule has 1 aromatic heterocycles. The van der Waals surface area contributed by atoms with E-state index in [1.165, 1.54) is 6.21 Å². The molecule has 6 heteroatoms. The maximum absolute atomic E-state index is 11.8. The van der Waals surface area contributed by atoms with Gasteiger partial charge in [0.1, 0.15) is 17.0 Å². The summed E-state index contributed by atoms with van der Waals surface area (Å²) in [6.07, 6.45) is 3.16. The van der Waals surface area contributed by atoms with Gasteiger partial charge < -0.3 is 9.84 Å². The number of carbonyl (C=O) groups is 1. The van der Waals surface area contributed by atoms with E-state index in [0.717, 1.165) is 10.9 Å². The van der Waals surface area contributed by atoms with Crippen LogP contribution in [0.2, 0.25) is 0 Å². The Balaban J connectivity index is 1.56. The number of ether oxygens (including phenoxy) is 1. The van der Waals surface area contributed by atoms with Crippen molar-refractivity contribution < 1.29 is 14.6 Å². The SMILES string of the molecule is O=C(COc1cccc2cccnc12)NN=Cc1ccc(O)cc1. The minimum absolute atomic E-state index is 0.164. The average molecular weight is 321 g/mol. The Morgan fingerprint density at radius 3 is 2.79 bits per heavy atom. The zero-order valence-electron chi connectivity index (χ0n) is 12.7. The van der Waals surface area contributed by atoms with E-state index in [1.54, 1.807) is 36.5 Å². The zero-order chi connectivity index (χ0) is 16.8. The van der Waals surface area contributed by atoms with Crippen molar-refractivity contribution in [1.29, 1.82) is 0 Å². The summed E-state index contributed by atoms with van der Waals surface area (Å²) in [6, 6.07) is 15.8. The molecule has 0 saturated carbocycles. The number of hydrogen-bond acceptors (Lipinski definition) is 5. The van der Waals surface area contributed by atoms with Gasteiger partial charge in [0.25, 0.3) is 5.91 Å². The van der Waals surface area contributed by atoms with Gasteiger partial charge >= 0.3 is 0 Å². The largest absolute Gasteiger partial charge is 0.508 e. The Bertz CT molecular complexity index is 871. The lowest BCUT2D eigenvalue weighted by molar-refractivity contribution is -0.123. The average Bonchev–Trinajstić information content (AvgIpc) is 2.61. The van der Waals surface area contributed by atoms with Crippen LogP contribution in [0.5, 0.6) is 11.5 Å². The molecule has 0 fully saturated rings. The van der Waals surface area contributed by atoms with E-state index in [9.17, 15) is 9.90 Å². The van der Waals surface area contributed by atoms with Gasteiger partial charge in [0.15, 0.2) is 6.61 Å². The second-order valence-electron chi connectivity index (χ2n) is 5.00. The molecular formula is C18H15N3O3. The minimum Gasteiger partial charge on any atom is -0.508 e. The van der Waals surface area contributed by atoms with Crippen LogP contribution in [-0.4, -0.2) is 28.8 Å². The van der Waals surface area contributed by atoms with Gasteiger partial charge in [-0.3, -0.25) is 9.78 Å². The number of amides is 1. The number of rotatable bonds is 5. The highest BCUT2D eigenvalue weighted by molar-refractivity contribution is 5.85. The first-order chi connectivity index (χ1) is 11.7.